The second-order valence-electron chi connectivity index (χ2n) is 6.49. The highest BCUT2D eigenvalue weighted by Gasteiger charge is 2.26. The average molecular weight is 376 g/mol. The van der Waals surface area contributed by atoms with Gasteiger partial charge in [0, 0.05) is 32.2 Å². The van der Waals surface area contributed by atoms with Gasteiger partial charge in [0.25, 0.3) is 0 Å². The van der Waals surface area contributed by atoms with Crippen molar-refractivity contribution in [3.63, 3.8) is 0 Å². The van der Waals surface area contributed by atoms with Crippen LogP contribution >= 0.6 is 0 Å². The molecule has 1 heterocycles. The number of hydrogen-bond donors (Lipinski definition) is 0. The fraction of sp³-hybridized carbons (Fsp3) is 0.316. The van der Waals surface area contributed by atoms with Crippen LogP contribution in [0.5, 0.6) is 0 Å². The molecule has 0 spiro atoms. The Morgan fingerprint density at radius 1 is 1.19 bits per heavy atom. The minimum Gasteiger partial charge on any atom is -0.312 e. The Morgan fingerprint density at radius 2 is 1.96 bits per heavy atom. The van der Waals surface area contributed by atoms with Crippen LogP contribution in [-0.2, 0) is 21.4 Å². The van der Waals surface area contributed by atoms with E-state index in [1.807, 2.05) is 0 Å². The quantitative estimate of drug-likeness (QED) is 0.806. The maximum absolute atomic E-state index is 13.3. The van der Waals surface area contributed by atoms with Crippen molar-refractivity contribution < 1.29 is 17.6 Å². The molecule has 138 valence electrons. The Labute approximate surface area is 153 Å². The molecule has 0 aliphatic carbocycles. The van der Waals surface area contributed by atoms with Gasteiger partial charge in [-0.1, -0.05) is 12.1 Å². The summed E-state index contributed by atoms with van der Waals surface area (Å²) in [6.07, 6.45) is 1.34. The van der Waals surface area contributed by atoms with E-state index >= 15 is 0 Å². The van der Waals surface area contributed by atoms with E-state index in [0.29, 0.717) is 18.5 Å². The highest BCUT2D eigenvalue weighted by atomic mass is 32.2. The van der Waals surface area contributed by atoms with E-state index in [-0.39, 0.29) is 17.3 Å². The molecule has 1 amide bonds. The fourth-order valence-electron chi connectivity index (χ4n) is 3.15. The molecule has 1 saturated heterocycles. The number of sulfonamides is 1. The second-order valence-corrected chi connectivity index (χ2v) is 8.53. The lowest BCUT2D eigenvalue weighted by molar-refractivity contribution is -0.117. The van der Waals surface area contributed by atoms with Crippen molar-refractivity contribution >= 4 is 21.6 Å². The molecule has 5 nitrogen and oxygen atoms in total. The predicted molar refractivity (Wildman–Crippen MR) is 97.8 cm³/mol. The number of halogens is 1. The van der Waals surface area contributed by atoms with Crippen LogP contribution in [-0.4, -0.2) is 32.2 Å². The summed E-state index contributed by atoms with van der Waals surface area (Å²) in [5.74, 6) is -0.337. The summed E-state index contributed by atoms with van der Waals surface area (Å²) < 4.78 is 40.1. The first-order chi connectivity index (χ1) is 12.3. The van der Waals surface area contributed by atoms with Gasteiger partial charge in [0.2, 0.25) is 15.9 Å². The third-order valence-corrected chi connectivity index (χ3v) is 6.33. The zero-order valence-corrected chi connectivity index (χ0v) is 15.6. The van der Waals surface area contributed by atoms with Gasteiger partial charge < -0.3 is 4.90 Å². The van der Waals surface area contributed by atoms with Crippen LogP contribution in [0.3, 0.4) is 0 Å². The maximum atomic E-state index is 13.3. The Bertz CT molecular complexity index is 944. The number of carbonyl (C=O) groups excluding carboxylic acids is 1. The number of carbonyl (C=O) groups is 1. The molecule has 0 atom stereocenters. The summed E-state index contributed by atoms with van der Waals surface area (Å²) >= 11 is 0. The zero-order chi connectivity index (χ0) is 18.9. The molecule has 0 bridgehead atoms. The van der Waals surface area contributed by atoms with Crippen molar-refractivity contribution in [3.05, 3.63) is 59.4 Å². The van der Waals surface area contributed by atoms with E-state index in [1.54, 1.807) is 36.1 Å². The molecule has 1 fully saturated rings. The SMILES string of the molecule is Cc1cc(S(=O)(=O)N(C)Cc2cccc(F)c2)ccc1N1CCCC1=O. The van der Waals surface area contributed by atoms with Gasteiger partial charge in [-0.3, -0.25) is 4.79 Å². The van der Waals surface area contributed by atoms with E-state index < -0.39 is 15.8 Å². The Morgan fingerprint density at radius 3 is 2.58 bits per heavy atom. The second kappa shape index (κ2) is 7.17. The first kappa shape index (κ1) is 18.5. The highest BCUT2D eigenvalue weighted by molar-refractivity contribution is 7.89. The Hall–Kier alpha value is -2.25. The molecule has 26 heavy (non-hydrogen) atoms. The van der Waals surface area contributed by atoms with Crippen molar-refractivity contribution in [1.82, 2.24) is 4.31 Å². The van der Waals surface area contributed by atoms with E-state index in [9.17, 15) is 17.6 Å². The van der Waals surface area contributed by atoms with Crippen LogP contribution in [0.2, 0.25) is 0 Å². The third kappa shape index (κ3) is 3.64. The summed E-state index contributed by atoms with van der Waals surface area (Å²) in [5, 5.41) is 0. The number of amides is 1. The molecule has 0 aromatic heterocycles. The topological polar surface area (TPSA) is 57.7 Å². The van der Waals surface area contributed by atoms with Gasteiger partial charge in [-0.15, -0.1) is 0 Å². The van der Waals surface area contributed by atoms with Gasteiger partial charge in [0.15, 0.2) is 0 Å². The molecule has 7 heteroatoms. The van der Waals surface area contributed by atoms with Gasteiger partial charge in [0.1, 0.15) is 5.82 Å². The van der Waals surface area contributed by atoms with E-state index in [2.05, 4.69) is 0 Å². The molecule has 0 N–H and O–H groups in total. The molecule has 3 rings (SSSR count). The molecule has 0 saturated carbocycles. The van der Waals surface area contributed by atoms with Crippen molar-refractivity contribution in [2.75, 3.05) is 18.5 Å². The summed E-state index contributed by atoms with van der Waals surface area (Å²) in [7, 11) is -2.25. The molecule has 1 aliphatic heterocycles. The number of nitrogens with zero attached hydrogens (tertiary/aromatic N) is 2. The van der Waals surface area contributed by atoms with E-state index in [1.165, 1.54) is 29.6 Å². The number of aryl methyl sites for hydroxylation is 1. The minimum atomic E-state index is -3.72. The van der Waals surface area contributed by atoms with E-state index in [0.717, 1.165) is 17.7 Å². The van der Waals surface area contributed by atoms with Crippen molar-refractivity contribution in [1.29, 1.82) is 0 Å². The van der Waals surface area contributed by atoms with Gasteiger partial charge in [-0.05, 0) is 54.8 Å². The van der Waals surface area contributed by atoms with Crippen molar-refractivity contribution in [2.24, 2.45) is 0 Å². The van der Waals surface area contributed by atoms with Crippen LogP contribution in [0.4, 0.5) is 10.1 Å². The van der Waals surface area contributed by atoms with Gasteiger partial charge in [-0.2, -0.15) is 4.31 Å². The summed E-state index contributed by atoms with van der Waals surface area (Å²) in [6, 6.07) is 10.7. The lowest BCUT2D eigenvalue weighted by Crippen LogP contribution is -2.27. The van der Waals surface area contributed by atoms with E-state index in [4.69, 9.17) is 0 Å². The van der Waals surface area contributed by atoms with Crippen LogP contribution in [0.1, 0.15) is 24.0 Å². The van der Waals surface area contributed by atoms with Crippen LogP contribution in [0, 0.1) is 12.7 Å². The molecule has 0 unspecified atom stereocenters. The molecular weight excluding hydrogens is 355 g/mol. The maximum Gasteiger partial charge on any atom is 0.243 e. The molecule has 0 radical (unpaired) electrons. The first-order valence-corrected chi connectivity index (χ1v) is 9.85. The predicted octanol–water partition coefficient (Wildman–Crippen LogP) is 3.08. The molecule has 2 aromatic rings. The number of benzene rings is 2. The monoisotopic (exact) mass is 376 g/mol. The largest absolute Gasteiger partial charge is 0.312 e. The van der Waals surface area contributed by atoms with Crippen LogP contribution in [0.15, 0.2) is 47.4 Å². The minimum absolute atomic E-state index is 0.0620. The summed E-state index contributed by atoms with van der Waals surface area (Å²) in [4.78, 5) is 13.8. The fourth-order valence-corrected chi connectivity index (χ4v) is 4.40. The standard InChI is InChI=1S/C19H21FN2O3S/c1-14-11-17(8-9-18(14)22-10-4-7-19(22)23)26(24,25)21(2)13-15-5-3-6-16(20)12-15/h3,5-6,8-9,11-12H,4,7,10,13H2,1-2H3. The Balaban J connectivity index is 1.84. The van der Waals surface area contributed by atoms with Gasteiger partial charge in [-0.25, -0.2) is 12.8 Å². The summed E-state index contributed by atoms with van der Waals surface area (Å²) in [5.41, 5.74) is 2.06. The average Bonchev–Trinajstić information content (AvgIpc) is 3.00. The third-order valence-electron chi connectivity index (χ3n) is 4.53. The smallest absolute Gasteiger partial charge is 0.243 e. The first-order valence-electron chi connectivity index (χ1n) is 8.41. The number of anilines is 1. The Kier molecular flexibility index (Phi) is 5.11. The normalized spacial score (nSPS) is 15.1. The molecular formula is C19H21FN2O3S. The zero-order valence-electron chi connectivity index (χ0n) is 14.8. The van der Waals surface area contributed by atoms with Crippen molar-refractivity contribution in [2.45, 2.75) is 31.2 Å². The van der Waals surface area contributed by atoms with Crippen LogP contribution < -0.4 is 4.90 Å². The van der Waals surface area contributed by atoms with Crippen LogP contribution in [0.25, 0.3) is 0 Å². The van der Waals surface area contributed by atoms with Gasteiger partial charge in [0.05, 0.1) is 4.90 Å². The molecule has 2 aromatic carbocycles. The number of rotatable bonds is 5. The lowest BCUT2D eigenvalue weighted by atomic mass is 10.2. The molecule has 1 aliphatic rings. The lowest BCUT2D eigenvalue weighted by Gasteiger charge is -2.21. The number of hydrogen-bond acceptors (Lipinski definition) is 3. The van der Waals surface area contributed by atoms with Gasteiger partial charge >= 0.3 is 0 Å². The summed E-state index contributed by atoms with van der Waals surface area (Å²) in [6.45, 7) is 2.53. The van der Waals surface area contributed by atoms with Crippen molar-refractivity contribution in [3.8, 4) is 0 Å². The highest BCUT2D eigenvalue weighted by Crippen LogP contribution is 2.28.